The van der Waals surface area contributed by atoms with E-state index in [9.17, 15) is 19.2 Å². The van der Waals surface area contributed by atoms with Gasteiger partial charge in [0.15, 0.2) is 0 Å². The molecule has 8 nitrogen and oxygen atoms in total. The van der Waals surface area contributed by atoms with Gasteiger partial charge in [-0.25, -0.2) is 9.59 Å². The highest BCUT2D eigenvalue weighted by atomic mass is 16.5. The van der Waals surface area contributed by atoms with Gasteiger partial charge in [-0.15, -0.1) is 0 Å². The number of aryl methyl sites for hydroxylation is 2. The van der Waals surface area contributed by atoms with Crippen LogP contribution in [-0.2, 0) is 9.59 Å². The number of esters is 2. The minimum absolute atomic E-state index is 0.228. The Bertz CT molecular complexity index is 1960. The van der Waals surface area contributed by atoms with Crippen LogP contribution in [0.1, 0.15) is 218 Å². The fourth-order valence-corrected chi connectivity index (χ4v) is 8.03. The average Bonchev–Trinajstić information content (AvgIpc) is 3.23. The predicted octanol–water partition coefficient (Wildman–Crippen LogP) is 15.8. The summed E-state index contributed by atoms with van der Waals surface area (Å²) in [7, 11) is 0. The fourth-order valence-electron chi connectivity index (χ4n) is 8.03. The number of unbranched alkanes of at least 4 members (excludes halogenated alkanes) is 26. The van der Waals surface area contributed by atoms with Crippen LogP contribution < -0.4 is 20.7 Å². The standard InChI is InChI=1S/C28H42O4.C26H38O4/c1-3-4-5-6-7-8-9-10-11-12-13-14-15-16-17-18-27(29)31-24-19-20-25-23(2)21-28(30)32-26(25)22-24;1-3-4-5-6-7-8-9-10-11-12-13-14-15-16-25(27)29-22-17-18-23-21(2)19-26(28)30-24(23)20-22/h19-22H,3-18H2,1-2H3;17-20H,3-16H2,1-2H3. The maximum absolute atomic E-state index is 12.1. The molecule has 0 unspecified atom stereocenters. The van der Waals surface area contributed by atoms with Crippen molar-refractivity contribution >= 4 is 33.9 Å². The molecule has 0 amide bonds. The number of hydrogen-bond acceptors (Lipinski definition) is 8. The third-order valence-corrected chi connectivity index (χ3v) is 11.8. The molecule has 8 heteroatoms. The molecule has 0 saturated carbocycles. The van der Waals surface area contributed by atoms with Gasteiger partial charge in [0.1, 0.15) is 22.7 Å². The van der Waals surface area contributed by atoms with Gasteiger partial charge in [0.25, 0.3) is 0 Å². The number of carbonyl (C=O) groups excluding carboxylic acids is 2. The molecule has 4 aromatic rings. The van der Waals surface area contributed by atoms with E-state index < -0.39 is 11.3 Å². The van der Waals surface area contributed by atoms with Gasteiger partial charge < -0.3 is 18.3 Å². The van der Waals surface area contributed by atoms with Crippen molar-refractivity contribution in [3.63, 3.8) is 0 Å². The molecule has 0 aliphatic carbocycles. The maximum Gasteiger partial charge on any atom is 0.336 e. The Labute approximate surface area is 372 Å². The highest BCUT2D eigenvalue weighted by Crippen LogP contribution is 2.24. The Hall–Kier alpha value is -4.20. The van der Waals surface area contributed by atoms with E-state index in [2.05, 4.69) is 13.8 Å². The third kappa shape index (κ3) is 22.8. The van der Waals surface area contributed by atoms with Gasteiger partial charge in [-0.2, -0.15) is 0 Å². The van der Waals surface area contributed by atoms with Crippen LogP contribution in [0.25, 0.3) is 21.9 Å². The number of fused-ring (bicyclic) bond motifs is 2. The van der Waals surface area contributed by atoms with Crippen molar-refractivity contribution in [2.45, 2.75) is 220 Å². The van der Waals surface area contributed by atoms with Crippen LogP contribution in [0.2, 0.25) is 0 Å². The zero-order valence-electron chi connectivity index (χ0n) is 39.1. The van der Waals surface area contributed by atoms with Crippen molar-refractivity contribution in [1.82, 2.24) is 0 Å². The zero-order valence-corrected chi connectivity index (χ0v) is 39.1. The van der Waals surface area contributed by atoms with Crippen molar-refractivity contribution < 1.29 is 27.9 Å². The Morgan fingerprint density at radius 2 is 0.677 bits per heavy atom. The topological polar surface area (TPSA) is 113 Å². The van der Waals surface area contributed by atoms with E-state index in [4.69, 9.17) is 18.3 Å². The van der Waals surface area contributed by atoms with Crippen molar-refractivity contribution in [1.29, 1.82) is 0 Å². The molecule has 2 aromatic heterocycles. The quantitative estimate of drug-likeness (QED) is 0.0206. The van der Waals surface area contributed by atoms with E-state index in [0.29, 0.717) is 35.5 Å². The largest absolute Gasteiger partial charge is 0.426 e. The lowest BCUT2D eigenvalue weighted by Gasteiger charge is -2.06. The number of ether oxygens (including phenoxy) is 2. The van der Waals surface area contributed by atoms with Crippen LogP contribution >= 0.6 is 0 Å². The van der Waals surface area contributed by atoms with E-state index in [-0.39, 0.29) is 11.9 Å². The molecular formula is C54H80O8. The third-order valence-electron chi connectivity index (χ3n) is 11.8. The Kier molecular flexibility index (Phi) is 27.3. The molecular weight excluding hydrogens is 777 g/mol. The number of carbonyl (C=O) groups is 2. The predicted molar refractivity (Wildman–Crippen MR) is 256 cm³/mol. The van der Waals surface area contributed by atoms with Crippen molar-refractivity contribution in [3.8, 4) is 11.5 Å². The second kappa shape index (κ2) is 32.5. The van der Waals surface area contributed by atoms with Gasteiger partial charge in [0.05, 0.1) is 0 Å². The van der Waals surface area contributed by atoms with Gasteiger partial charge in [0, 0.05) is 47.9 Å². The molecule has 344 valence electrons. The van der Waals surface area contributed by atoms with E-state index in [1.165, 1.54) is 166 Å². The molecule has 0 aliphatic rings. The number of benzene rings is 2. The molecule has 0 saturated heterocycles. The van der Waals surface area contributed by atoms with Crippen molar-refractivity contribution in [2.24, 2.45) is 0 Å². The smallest absolute Gasteiger partial charge is 0.336 e. The summed E-state index contributed by atoms with van der Waals surface area (Å²) in [5.41, 5.74) is 1.82. The molecule has 4 rings (SSSR count). The Morgan fingerprint density at radius 1 is 0.403 bits per heavy atom. The number of rotatable bonds is 32. The summed E-state index contributed by atoms with van der Waals surface area (Å²) in [6, 6.07) is 13.3. The molecule has 2 aromatic carbocycles. The van der Waals surface area contributed by atoms with Crippen LogP contribution in [0.4, 0.5) is 0 Å². The summed E-state index contributed by atoms with van der Waals surface area (Å²) < 4.78 is 21.2. The summed E-state index contributed by atoms with van der Waals surface area (Å²) in [5.74, 6) is 0.398. The van der Waals surface area contributed by atoms with Gasteiger partial charge >= 0.3 is 23.2 Å². The lowest BCUT2D eigenvalue weighted by molar-refractivity contribution is -0.135. The molecule has 0 fully saturated rings. The summed E-state index contributed by atoms with van der Waals surface area (Å²) in [5, 5.41) is 1.71. The molecule has 2 heterocycles. The lowest BCUT2D eigenvalue weighted by atomic mass is 10.0. The van der Waals surface area contributed by atoms with E-state index in [1.54, 1.807) is 24.3 Å². The van der Waals surface area contributed by atoms with Crippen LogP contribution in [0.15, 0.2) is 67.0 Å². The van der Waals surface area contributed by atoms with Crippen LogP contribution in [-0.4, -0.2) is 11.9 Å². The molecule has 0 spiro atoms. The van der Waals surface area contributed by atoms with Gasteiger partial charge in [0.2, 0.25) is 0 Å². The molecule has 0 radical (unpaired) electrons. The summed E-state index contributed by atoms with van der Waals surface area (Å²) in [6.45, 7) is 8.25. The minimum atomic E-state index is -0.393. The van der Waals surface area contributed by atoms with E-state index >= 15 is 0 Å². The Morgan fingerprint density at radius 3 is 0.968 bits per heavy atom. The highest BCUT2D eigenvalue weighted by Gasteiger charge is 2.10. The van der Waals surface area contributed by atoms with Gasteiger partial charge in [-0.05, 0) is 62.1 Å². The fraction of sp³-hybridized carbons (Fsp3) is 0.630. The zero-order chi connectivity index (χ0) is 44.6. The molecule has 0 bridgehead atoms. The molecule has 0 aliphatic heterocycles. The summed E-state index contributed by atoms with van der Waals surface area (Å²) >= 11 is 0. The first-order valence-corrected chi connectivity index (χ1v) is 24.7. The first-order valence-electron chi connectivity index (χ1n) is 24.7. The van der Waals surface area contributed by atoms with E-state index in [0.717, 1.165) is 47.6 Å². The highest BCUT2D eigenvalue weighted by molar-refractivity contribution is 5.83. The van der Waals surface area contributed by atoms with Crippen LogP contribution in [0, 0.1) is 13.8 Å². The Balaban J connectivity index is 0.000000331. The average molecular weight is 857 g/mol. The second-order valence-electron chi connectivity index (χ2n) is 17.5. The number of hydrogen-bond donors (Lipinski definition) is 0. The van der Waals surface area contributed by atoms with Crippen molar-refractivity contribution in [2.75, 3.05) is 0 Å². The minimum Gasteiger partial charge on any atom is -0.426 e. The SMILES string of the molecule is CCCCCCCCCCCCCCCC(=O)Oc1ccc2c(C)cc(=O)oc2c1.CCCCCCCCCCCCCCCCCC(=O)Oc1ccc2c(C)cc(=O)oc2c1. The van der Waals surface area contributed by atoms with Gasteiger partial charge in [-0.1, -0.05) is 181 Å². The normalized spacial score (nSPS) is 11.2. The molecule has 62 heavy (non-hydrogen) atoms. The van der Waals surface area contributed by atoms with E-state index in [1.807, 2.05) is 26.0 Å². The van der Waals surface area contributed by atoms with Gasteiger partial charge in [-0.3, -0.25) is 9.59 Å². The monoisotopic (exact) mass is 857 g/mol. The molecule has 0 N–H and O–H groups in total. The summed E-state index contributed by atoms with van der Waals surface area (Å²) in [6.07, 6.45) is 37.1. The van der Waals surface area contributed by atoms with Crippen molar-refractivity contribution in [3.05, 3.63) is 80.5 Å². The first-order chi connectivity index (χ1) is 30.2. The first kappa shape index (κ1) is 52.1. The van der Waals surface area contributed by atoms with Crippen LogP contribution in [0.3, 0.4) is 0 Å². The molecule has 0 atom stereocenters. The van der Waals surface area contributed by atoms with Crippen LogP contribution in [0.5, 0.6) is 11.5 Å². The summed E-state index contributed by atoms with van der Waals surface area (Å²) in [4.78, 5) is 47.2. The second-order valence-corrected chi connectivity index (χ2v) is 17.5. The lowest BCUT2D eigenvalue weighted by Crippen LogP contribution is -2.07. The maximum atomic E-state index is 12.1.